The molecule has 1 aromatic heterocycles. The lowest BCUT2D eigenvalue weighted by Gasteiger charge is -2.21. The highest BCUT2D eigenvalue weighted by atomic mass is 32.2. The van der Waals surface area contributed by atoms with Gasteiger partial charge in [-0.3, -0.25) is 0 Å². The zero-order chi connectivity index (χ0) is 21.5. The Morgan fingerprint density at radius 1 is 1.03 bits per heavy atom. The first kappa shape index (κ1) is 20.4. The summed E-state index contributed by atoms with van der Waals surface area (Å²) < 4.78 is 69.2. The molecule has 0 radical (unpaired) electrons. The molecule has 0 saturated carbocycles. The molecular formula is C20H19F3N4O2S. The van der Waals surface area contributed by atoms with E-state index >= 15 is 0 Å². The minimum Gasteiger partial charge on any atom is -0.380 e. The van der Waals surface area contributed by atoms with Crippen LogP contribution in [0.15, 0.2) is 60.0 Å². The maximum Gasteiger partial charge on any atom is 0.262 e. The fourth-order valence-corrected chi connectivity index (χ4v) is 5.07. The van der Waals surface area contributed by atoms with E-state index in [1.54, 1.807) is 19.2 Å². The molecule has 0 aliphatic carbocycles. The maximum absolute atomic E-state index is 13.6. The van der Waals surface area contributed by atoms with Crippen LogP contribution in [0.5, 0.6) is 0 Å². The summed E-state index contributed by atoms with van der Waals surface area (Å²) in [6.07, 6.45) is 2.82. The summed E-state index contributed by atoms with van der Waals surface area (Å²) in [6, 6.07) is 8.76. The van der Waals surface area contributed by atoms with Gasteiger partial charge >= 0.3 is 0 Å². The van der Waals surface area contributed by atoms with Gasteiger partial charge in [0.15, 0.2) is 16.7 Å². The smallest absolute Gasteiger partial charge is 0.262 e. The first-order valence-electron chi connectivity index (χ1n) is 9.19. The second-order valence-electron chi connectivity index (χ2n) is 7.24. The highest BCUT2D eigenvalue weighted by molar-refractivity contribution is 7.89. The van der Waals surface area contributed by atoms with Gasteiger partial charge in [-0.25, -0.2) is 26.6 Å². The number of aryl methyl sites for hydroxylation is 1. The number of aromatic nitrogens is 2. The molecule has 0 amide bonds. The van der Waals surface area contributed by atoms with Crippen LogP contribution in [-0.4, -0.2) is 41.4 Å². The van der Waals surface area contributed by atoms with Gasteiger partial charge in [-0.2, -0.15) is 4.31 Å². The van der Waals surface area contributed by atoms with Crippen molar-refractivity contribution in [3.05, 3.63) is 78.0 Å². The molecule has 0 bridgehead atoms. The standard InChI is InChI=1S/C20H19F3N4O2S/c1-26-11-20(24-12-26)30(28,29)27-9-16(13-2-4-14(21)5-3-13)19(10-27)25-15-6-7-17(22)18(23)8-15/h2-8,11-12,16,19,25H,9-10H2,1H3. The Hall–Kier alpha value is -2.85. The van der Waals surface area contributed by atoms with Crippen LogP contribution in [0.1, 0.15) is 11.5 Å². The third kappa shape index (κ3) is 3.92. The number of sulfonamides is 1. The van der Waals surface area contributed by atoms with E-state index in [2.05, 4.69) is 10.3 Å². The van der Waals surface area contributed by atoms with Crippen LogP contribution < -0.4 is 5.32 Å². The number of halogens is 3. The Bertz CT molecular complexity index is 1170. The topological polar surface area (TPSA) is 67.2 Å². The predicted molar refractivity (Wildman–Crippen MR) is 105 cm³/mol. The molecule has 1 fully saturated rings. The molecule has 30 heavy (non-hydrogen) atoms. The van der Waals surface area contributed by atoms with Crippen molar-refractivity contribution in [1.29, 1.82) is 0 Å². The Morgan fingerprint density at radius 3 is 2.40 bits per heavy atom. The molecular weight excluding hydrogens is 417 g/mol. The predicted octanol–water partition coefficient (Wildman–Crippen LogP) is 3.11. The van der Waals surface area contributed by atoms with Gasteiger partial charge in [-0.15, -0.1) is 0 Å². The summed E-state index contributed by atoms with van der Waals surface area (Å²) in [7, 11) is -2.18. The first-order valence-corrected chi connectivity index (χ1v) is 10.6. The Balaban J connectivity index is 1.66. The van der Waals surface area contributed by atoms with Crippen molar-refractivity contribution in [2.24, 2.45) is 7.05 Å². The van der Waals surface area contributed by atoms with Gasteiger partial charge in [0.2, 0.25) is 0 Å². The second kappa shape index (κ2) is 7.77. The van der Waals surface area contributed by atoms with Gasteiger partial charge < -0.3 is 9.88 Å². The lowest BCUT2D eigenvalue weighted by Crippen LogP contribution is -2.32. The number of nitrogens with one attached hydrogen (secondary N) is 1. The molecule has 3 aromatic rings. The SMILES string of the molecule is Cn1cnc(S(=O)(=O)N2CC(Nc3ccc(F)c(F)c3)C(c3ccc(F)cc3)C2)c1. The third-order valence-corrected chi connectivity index (χ3v) is 6.86. The van der Waals surface area contributed by atoms with Gasteiger partial charge in [-0.05, 0) is 29.8 Å². The number of benzene rings is 2. The summed E-state index contributed by atoms with van der Waals surface area (Å²) in [5, 5.41) is 3.03. The molecule has 1 aliphatic heterocycles. The van der Waals surface area contributed by atoms with Gasteiger partial charge in [0.1, 0.15) is 5.82 Å². The van der Waals surface area contributed by atoms with Crippen LogP contribution in [0, 0.1) is 17.5 Å². The van der Waals surface area contributed by atoms with Crippen molar-refractivity contribution < 1.29 is 21.6 Å². The van der Waals surface area contributed by atoms with Crippen LogP contribution in [0.2, 0.25) is 0 Å². The molecule has 4 rings (SSSR count). The van der Waals surface area contributed by atoms with E-state index < -0.39 is 33.5 Å². The van der Waals surface area contributed by atoms with E-state index in [-0.39, 0.29) is 24.0 Å². The fraction of sp³-hybridized carbons (Fsp3) is 0.250. The summed E-state index contributed by atoms with van der Waals surface area (Å²) in [6.45, 7) is 0.214. The van der Waals surface area contributed by atoms with Crippen LogP contribution >= 0.6 is 0 Å². The van der Waals surface area contributed by atoms with Crippen molar-refractivity contribution in [3.63, 3.8) is 0 Å². The average Bonchev–Trinajstić information content (AvgIpc) is 3.33. The van der Waals surface area contributed by atoms with Gasteiger partial charge in [-0.1, -0.05) is 12.1 Å². The van der Waals surface area contributed by atoms with Crippen molar-refractivity contribution in [2.45, 2.75) is 17.0 Å². The van der Waals surface area contributed by atoms with Crippen molar-refractivity contribution in [2.75, 3.05) is 18.4 Å². The number of imidazole rings is 1. The molecule has 2 unspecified atom stereocenters. The zero-order valence-electron chi connectivity index (χ0n) is 16.0. The van der Waals surface area contributed by atoms with E-state index in [0.717, 1.165) is 17.7 Å². The monoisotopic (exact) mass is 436 g/mol. The zero-order valence-corrected chi connectivity index (χ0v) is 16.8. The summed E-state index contributed by atoms with van der Waals surface area (Å²) in [4.78, 5) is 3.94. The number of hydrogen-bond acceptors (Lipinski definition) is 4. The van der Waals surface area contributed by atoms with E-state index in [1.807, 2.05) is 0 Å². The van der Waals surface area contributed by atoms with E-state index in [1.165, 1.54) is 39.6 Å². The molecule has 2 atom stereocenters. The minimum absolute atomic E-state index is 0.0728. The molecule has 6 nitrogen and oxygen atoms in total. The summed E-state index contributed by atoms with van der Waals surface area (Å²) >= 11 is 0. The molecule has 1 aliphatic rings. The summed E-state index contributed by atoms with van der Waals surface area (Å²) in [5.41, 5.74) is 1.05. The van der Waals surface area contributed by atoms with Crippen molar-refractivity contribution >= 4 is 15.7 Å². The Morgan fingerprint density at radius 2 is 1.77 bits per heavy atom. The highest BCUT2D eigenvalue weighted by Crippen LogP contribution is 2.33. The van der Waals surface area contributed by atoms with E-state index in [9.17, 15) is 21.6 Å². The van der Waals surface area contributed by atoms with Crippen molar-refractivity contribution in [3.8, 4) is 0 Å². The number of nitrogens with zero attached hydrogens (tertiary/aromatic N) is 3. The molecule has 10 heteroatoms. The minimum atomic E-state index is -3.85. The van der Waals surface area contributed by atoms with E-state index in [0.29, 0.717) is 5.69 Å². The quantitative estimate of drug-likeness (QED) is 0.668. The lowest BCUT2D eigenvalue weighted by atomic mass is 9.94. The fourth-order valence-electron chi connectivity index (χ4n) is 3.61. The van der Waals surface area contributed by atoms with Gasteiger partial charge in [0.05, 0.1) is 6.33 Å². The van der Waals surface area contributed by atoms with Crippen LogP contribution in [0.3, 0.4) is 0 Å². The lowest BCUT2D eigenvalue weighted by molar-refractivity contribution is 0.468. The molecule has 2 aromatic carbocycles. The van der Waals surface area contributed by atoms with E-state index in [4.69, 9.17) is 0 Å². The molecule has 2 heterocycles. The molecule has 158 valence electrons. The summed E-state index contributed by atoms with van der Waals surface area (Å²) in [5.74, 6) is -2.72. The highest BCUT2D eigenvalue weighted by Gasteiger charge is 2.41. The number of anilines is 1. The van der Waals surface area contributed by atoms with Crippen molar-refractivity contribution in [1.82, 2.24) is 13.9 Å². The maximum atomic E-state index is 13.6. The number of hydrogen-bond donors (Lipinski definition) is 1. The number of rotatable bonds is 5. The molecule has 1 saturated heterocycles. The molecule has 0 spiro atoms. The Labute approximate surface area is 172 Å². The first-order chi connectivity index (χ1) is 14.2. The third-order valence-electron chi connectivity index (χ3n) is 5.14. The normalized spacial score (nSPS) is 19.9. The van der Waals surface area contributed by atoms with Gasteiger partial charge in [0.25, 0.3) is 10.0 Å². The van der Waals surface area contributed by atoms with Crippen LogP contribution in [0.25, 0.3) is 0 Å². The largest absolute Gasteiger partial charge is 0.380 e. The average molecular weight is 436 g/mol. The Kier molecular flexibility index (Phi) is 5.29. The van der Waals surface area contributed by atoms with Crippen LogP contribution in [0.4, 0.5) is 18.9 Å². The molecule has 1 N–H and O–H groups in total. The van der Waals surface area contributed by atoms with Crippen LogP contribution in [-0.2, 0) is 17.1 Å². The second-order valence-corrected chi connectivity index (χ2v) is 9.12. The van der Waals surface area contributed by atoms with Gasteiger partial charge in [0, 0.05) is 50.0 Å².